The summed E-state index contributed by atoms with van der Waals surface area (Å²) in [7, 11) is 1.87. The molecule has 1 heterocycles. The number of halogens is 2. The van der Waals surface area contributed by atoms with Gasteiger partial charge in [-0.15, -0.1) is 0 Å². The van der Waals surface area contributed by atoms with Crippen molar-refractivity contribution in [1.82, 2.24) is 9.80 Å². The van der Waals surface area contributed by atoms with Crippen molar-refractivity contribution in [3.63, 3.8) is 0 Å². The van der Waals surface area contributed by atoms with Crippen LogP contribution in [-0.2, 0) is 11.2 Å². The highest BCUT2D eigenvalue weighted by molar-refractivity contribution is 6.35. The van der Waals surface area contributed by atoms with Crippen LogP contribution < -0.4 is 0 Å². The van der Waals surface area contributed by atoms with Crippen molar-refractivity contribution >= 4 is 29.1 Å². The molecule has 1 aliphatic heterocycles. The summed E-state index contributed by atoms with van der Waals surface area (Å²) in [6, 6.07) is 3.32. The number of likely N-dealkylation sites (tertiary alicyclic amines) is 1. The Hall–Kier alpha value is -0.810. The predicted molar refractivity (Wildman–Crippen MR) is 92.0 cm³/mol. The van der Waals surface area contributed by atoms with Crippen molar-refractivity contribution < 1.29 is 9.90 Å². The van der Waals surface area contributed by atoms with Crippen LogP contribution >= 0.6 is 23.2 Å². The lowest BCUT2D eigenvalue weighted by Crippen LogP contribution is -2.43. The Balaban J connectivity index is 1.75. The van der Waals surface area contributed by atoms with Gasteiger partial charge in [-0.3, -0.25) is 9.69 Å². The van der Waals surface area contributed by atoms with Gasteiger partial charge >= 0.3 is 0 Å². The van der Waals surface area contributed by atoms with Crippen molar-refractivity contribution in [3.05, 3.63) is 33.3 Å². The first-order valence-electron chi connectivity index (χ1n) is 8.11. The first kappa shape index (κ1) is 17.0. The van der Waals surface area contributed by atoms with Gasteiger partial charge in [0.2, 0.25) is 5.91 Å². The number of hydrogen-bond acceptors (Lipinski definition) is 3. The number of nitrogens with zero attached hydrogens (tertiary/aromatic N) is 2. The van der Waals surface area contributed by atoms with Crippen LogP contribution in [0.5, 0.6) is 0 Å². The van der Waals surface area contributed by atoms with E-state index >= 15 is 0 Å². The first-order chi connectivity index (χ1) is 11.0. The van der Waals surface area contributed by atoms with Crippen LogP contribution in [0, 0.1) is 0 Å². The number of benzene rings is 1. The molecule has 4 nitrogen and oxygen atoms in total. The van der Waals surface area contributed by atoms with Gasteiger partial charge in [0.15, 0.2) is 0 Å². The Bertz CT molecular complexity index is 603. The minimum absolute atomic E-state index is 0.126. The Kier molecular flexibility index (Phi) is 5.16. The van der Waals surface area contributed by atoms with E-state index in [1.54, 1.807) is 6.07 Å². The van der Waals surface area contributed by atoms with Crippen molar-refractivity contribution in [2.75, 3.05) is 26.7 Å². The highest BCUT2D eigenvalue weighted by Crippen LogP contribution is 2.40. The lowest BCUT2D eigenvalue weighted by atomic mass is 10.1. The van der Waals surface area contributed by atoms with E-state index < -0.39 is 6.10 Å². The predicted octanol–water partition coefficient (Wildman–Crippen LogP) is 2.90. The molecule has 0 aromatic heterocycles. The summed E-state index contributed by atoms with van der Waals surface area (Å²) in [6.45, 7) is 1.98. The second-order valence-corrected chi connectivity index (χ2v) is 7.37. The van der Waals surface area contributed by atoms with E-state index in [-0.39, 0.29) is 11.9 Å². The maximum absolute atomic E-state index is 12.5. The van der Waals surface area contributed by atoms with E-state index in [9.17, 15) is 9.90 Å². The highest BCUT2D eigenvalue weighted by atomic mass is 35.5. The van der Waals surface area contributed by atoms with Crippen LogP contribution in [0.4, 0.5) is 0 Å². The molecule has 2 atom stereocenters. The van der Waals surface area contributed by atoms with Gasteiger partial charge in [0.1, 0.15) is 0 Å². The van der Waals surface area contributed by atoms with Gasteiger partial charge in [0.25, 0.3) is 0 Å². The first-order valence-corrected chi connectivity index (χ1v) is 8.87. The minimum atomic E-state index is -0.569. The van der Waals surface area contributed by atoms with E-state index in [1.165, 1.54) is 6.42 Å². The zero-order valence-electron chi connectivity index (χ0n) is 13.3. The number of carbonyl (C=O) groups excluding carboxylic acids is 1. The number of likely N-dealkylation sites (N-methyl/N-ethyl adjacent to an activating group) is 1. The Labute approximate surface area is 147 Å². The largest absolute Gasteiger partial charge is 0.391 e. The molecule has 0 radical (unpaired) electrons. The number of fused-ring (bicyclic) bond motifs is 1. The molecule has 6 heteroatoms. The van der Waals surface area contributed by atoms with Crippen molar-refractivity contribution in [2.24, 2.45) is 0 Å². The number of piperidine rings is 1. The van der Waals surface area contributed by atoms with E-state index in [0.29, 0.717) is 23.0 Å². The monoisotopic (exact) mass is 356 g/mol. The number of amides is 1. The minimum Gasteiger partial charge on any atom is -0.391 e. The number of rotatable bonds is 3. The van der Waals surface area contributed by atoms with E-state index in [2.05, 4.69) is 0 Å². The summed E-state index contributed by atoms with van der Waals surface area (Å²) in [6.07, 6.45) is 3.29. The summed E-state index contributed by atoms with van der Waals surface area (Å²) in [5, 5.41) is 11.6. The maximum Gasteiger partial charge on any atom is 0.236 e. The van der Waals surface area contributed by atoms with Crippen LogP contribution in [0.15, 0.2) is 12.1 Å². The van der Waals surface area contributed by atoms with Gasteiger partial charge in [-0.2, -0.15) is 0 Å². The molecule has 0 saturated carbocycles. The Morgan fingerprint density at radius 2 is 2.00 bits per heavy atom. The molecule has 1 aromatic carbocycles. The molecule has 1 aromatic rings. The molecule has 1 N–H and O–H groups in total. The molecular weight excluding hydrogens is 335 g/mol. The number of aliphatic hydroxyl groups excluding tert-OH is 1. The van der Waals surface area contributed by atoms with Crippen molar-refractivity contribution in [2.45, 2.75) is 37.8 Å². The Morgan fingerprint density at radius 1 is 1.30 bits per heavy atom. The molecule has 0 bridgehead atoms. The van der Waals surface area contributed by atoms with Gasteiger partial charge in [0, 0.05) is 29.6 Å². The molecule has 1 aliphatic carbocycles. The topological polar surface area (TPSA) is 43.8 Å². The van der Waals surface area contributed by atoms with Crippen LogP contribution in [0.25, 0.3) is 0 Å². The van der Waals surface area contributed by atoms with Crippen molar-refractivity contribution in [3.8, 4) is 0 Å². The van der Waals surface area contributed by atoms with Gasteiger partial charge in [-0.1, -0.05) is 23.2 Å². The average molecular weight is 357 g/mol. The summed E-state index contributed by atoms with van der Waals surface area (Å²) < 4.78 is 0. The number of aliphatic hydroxyl groups is 1. The third-order valence-corrected chi connectivity index (χ3v) is 5.41. The normalized spacial score (nSPS) is 24.1. The molecule has 0 unspecified atom stereocenters. The molecule has 1 saturated heterocycles. The lowest BCUT2D eigenvalue weighted by molar-refractivity contribution is -0.134. The molecule has 1 fully saturated rings. The van der Waals surface area contributed by atoms with Gasteiger partial charge in [-0.25, -0.2) is 0 Å². The SMILES string of the molecule is CN(CC(=O)N1CCCCC1)[C@H]1c2cc(Cl)cc(Cl)c2C[C@@H]1O. The summed E-state index contributed by atoms with van der Waals surface area (Å²) in [4.78, 5) is 16.3. The summed E-state index contributed by atoms with van der Waals surface area (Å²) in [5.74, 6) is 0.126. The fourth-order valence-electron chi connectivity index (χ4n) is 3.72. The molecule has 3 rings (SSSR count). The smallest absolute Gasteiger partial charge is 0.236 e. The second-order valence-electron chi connectivity index (χ2n) is 6.53. The molecular formula is C17H22Cl2N2O2. The fraction of sp³-hybridized carbons (Fsp3) is 0.588. The molecule has 126 valence electrons. The maximum atomic E-state index is 12.5. The third kappa shape index (κ3) is 3.50. The molecule has 0 spiro atoms. The third-order valence-electron chi connectivity index (χ3n) is 4.86. The zero-order valence-corrected chi connectivity index (χ0v) is 14.8. The average Bonchev–Trinajstić information content (AvgIpc) is 2.84. The fourth-order valence-corrected chi connectivity index (χ4v) is 4.30. The summed E-state index contributed by atoms with van der Waals surface area (Å²) >= 11 is 12.4. The lowest BCUT2D eigenvalue weighted by Gasteiger charge is -2.32. The van der Waals surface area contributed by atoms with Gasteiger partial charge in [-0.05, 0) is 49.6 Å². The van der Waals surface area contributed by atoms with Gasteiger partial charge < -0.3 is 10.0 Å². The molecule has 1 amide bonds. The standard InChI is InChI=1S/C17H22Cl2N2O2/c1-20(10-16(23)21-5-3-2-4-6-21)17-13-7-11(18)8-14(19)12(13)9-15(17)22/h7-8,15,17,22H,2-6,9-10H2,1H3/t15-,17-/m0/s1. The second kappa shape index (κ2) is 6.98. The number of carbonyl (C=O) groups is 1. The van der Waals surface area contributed by atoms with Crippen LogP contribution in [0.3, 0.4) is 0 Å². The molecule has 23 heavy (non-hydrogen) atoms. The zero-order chi connectivity index (χ0) is 16.6. The van der Waals surface area contributed by atoms with Crippen LogP contribution in [0.2, 0.25) is 10.0 Å². The van der Waals surface area contributed by atoms with E-state index in [4.69, 9.17) is 23.2 Å². The Morgan fingerprint density at radius 3 is 2.70 bits per heavy atom. The van der Waals surface area contributed by atoms with Crippen molar-refractivity contribution in [1.29, 1.82) is 0 Å². The van der Waals surface area contributed by atoms with Crippen LogP contribution in [0.1, 0.15) is 36.4 Å². The highest BCUT2D eigenvalue weighted by Gasteiger charge is 2.36. The summed E-state index contributed by atoms with van der Waals surface area (Å²) in [5.41, 5.74) is 1.87. The quantitative estimate of drug-likeness (QED) is 0.905. The van der Waals surface area contributed by atoms with E-state index in [1.807, 2.05) is 22.9 Å². The molecule has 2 aliphatic rings. The van der Waals surface area contributed by atoms with Gasteiger partial charge in [0.05, 0.1) is 18.7 Å². The van der Waals surface area contributed by atoms with Crippen LogP contribution in [-0.4, -0.2) is 53.6 Å². The van der Waals surface area contributed by atoms with E-state index in [0.717, 1.165) is 37.1 Å². The number of hydrogen-bond donors (Lipinski definition) is 1.